The lowest BCUT2D eigenvalue weighted by Gasteiger charge is -2.28. The molecule has 0 fully saturated rings. The lowest BCUT2D eigenvalue weighted by Crippen LogP contribution is -2.40. The molecule has 0 saturated carbocycles. The van der Waals surface area contributed by atoms with Crippen LogP contribution in [-0.2, 0) is 26.7 Å². The van der Waals surface area contributed by atoms with Crippen molar-refractivity contribution < 1.29 is 27.8 Å². The van der Waals surface area contributed by atoms with E-state index in [4.69, 9.17) is 23.1 Å². The minimum atomic E-state index is -3.31. The first-order valence-corrected chi connectivity index (χ1v) is 8.50. The summed E-state index contributed by atoms with van der Waals surface area (Å²) in [5, 5.41) is 0. The summed E-state index contributed by atoms with van der Waals surface area (Å²) >= 11 is 0. The highest BCUT2D eigenvalue weighted by Gasteiger charge is 2.33. The molecule has 0 aliphatic rings. The van der Waals surface area contributed by atoms with Crippen molar-refractivity contribution >= 4 is 25.4 Å². The first kappa shape index (κ1) is 22.9. The normalized spacial score (nSPS) is 11.8. The Hall–Kier alpha value is -2.16. The molecule has 0 spiro atoms. The summed E-state index contributed by atoms with van der Waals surface area (Å²) in [6.45, 7) is 5.03. The van der Waals surface area contributed by atoms with Gasteiger partial charge in [-0.1, -0.05) is 23.7 Å². The molecule has 1 aromatic rings. The van der Waals surface area contributed by atoms with Gasteiger partial charge in [-0.3, -0.25) is 9.69 Å². The molecular weight excluding hydrogens is 357 g/mol. The number of hydrogen-bond acceptors (Lipinski definition) is 5. The van der Waals surface area contributed by atoms with Crippen LogP contribution in [0.4, 0.5) is 13.6 Å². The number of alkyl halides is 2. The van der Waals surface area contributed by atoms with Crippen molar-refractivity contribution in [2.75, 3.05) is 19.7 Å². The molecule has 148 valence electrons. The summed E-state index contributed by atoms with van der Waals surface area (Å²) in [6, 6.07) is 3.81. The highest BCUT2D eigenvalue weighted by Crippen LogP contribution is 2.30. The molecule has 0 aliphatic heterocycles. The van der Waals surface area contributed by atoms with E-state index in [-0.39, 0.29) is 29.7 Å². The van der Waals surface area contributed by atoms with E-state index in [1.165, 1.54) is 12.1 Å². The van der Waals surface area contributed by atoms with E-state index in [0.717, 1.165) is 11.0 Å². The fraction of sp³-hybridized carbons (Fsp3) is 0.556. The Labute approximate surface area is 159 Å². The van der Waals surface area contributed by atoms with Crippen LogP contribution in [0, 0.1) is 0 Å². The third kappa shape index (κ3) is 7.17. The molecule has 0 heterocycles. The van der Waals surface area contributed by atoms with Gasteiger partial charge in [0.25, 0.3) is 5.92 Å². The number of hydrogen-bond donors (Lipinski definition) is 1. The first-order chi connectivity index (χ1) is 12.4. The van der Waals surface area contributed by atoms with Crippen molar-refractivity contribution in [3.8, 4) is 0 Å². The largest absolute Gasteiger partial charge is 0.465 e. The topological polar surface area (TPSA) is 81.9 Å². The molecule has 9 heteroatoms. The molecule has 0 unspecified atom stereocenters. The van der Waals surface area contributed by atoms with E-state index in [1.807, 2.05) is 0 Å². The van der Waals surface area contributed by atoms with E-state index >= 15 is 0 Å². The van der Waals surface area contributed by atoms with E-state index in [1.54, 1.807) is 27.7 Å². The molecule has 2 radical (unpaired) electrons. The van der Waals surface area contributed by atoms with Crippen LogP contribution >= 0.6 is 0 Å². The number of carbonyl (C=O) groups excluding carboxylic acids is 2. The molecule has 0 bridgehead atoms. The fourth-order valence-electron chi connectivity index (χ4n) is 2.29. The van der Waals surface area contributed by atoms with Crippen LogP contribution in [-0.4, -0.2) is 50.1 Å². The van der Waals surface area contributed by atoms with E-state index in [2.05, 4.69) is 0 Å². The number of carbonyl (C=O) groups is 2. The second-order valence-electron chi connectivity index (χ2n) is 6.97. The van der Waals surface area contributed by atoms with E-state index in [0.29, 0.717) is 0 Å². The average Bonchev–Trinajstić information content (AvgIpc) is 2.52. The van der Waals surface area contributed by atoms with Gasteiger partial charge in [-0.05, 0) is 33.3 Å². The van der Waals surface area contributed by atoms with Crippen molar-refractivity contribution in [2.45, 2.75) is 45.8 Å². The third-order valence-electron chi connectivity index (χ3n) is 3.42. The van der Waals surface area contributed by atoms with Gasteiger partial charge in [0.1, 0.15) is 20.0 Å². The van der Waals surface area contributed by atoms with Crippen LogP contribution in [0.5, 0.6) is 0 Å². The summed E-state index contributed by atoms with van der Waals surface area (Å²) in [4.78, 5) is 25.3. The summed E-state index contributed by atoms with van der Waals surface area (Å²) in [7, 11) is 5.71. The Morgan fingerprint density at radius 2 is 1.89 bits per heavy atom. The van der Waals surface area contributed by atoms with Crippen LogP contribution < -0.4 is 11.2 Å². The number of nitrogens with zero attached hydrogens (tertiary/aromatic N) is 1. The Bertz CT molecular complexity index is 678. The quantitative estimate of drug-likeness (QED) is 0.575. The Kier molecular flexibility index (Phi) is 7.77. The summed E-state index contributed by atoms with van der Waals surface area (Å²) < 4.78 is 38.5. The standard InChI is InChI=1S/C18H25BF2N2O4/c1-5-26-15(24)10-23(16(25)27-17(2,3)4)9-12-8-13(19)6-7-14(12)18(20,21)11-22/h6-8H,5,9-11,22H2,1-4H3. The number of halogens is 2. The maximum absolute atomic E-state index is 14.2. The highest BCUT2D eigenvalue weighted by atomic mass is 19.3. The molecule has 1 aromatic carbocycles. The minimum absolute atomic E-state index is 0.0700. The Morgan fingerprint density at radius 3 is 2.41 bits per heavy atom. The lowest BCUT2D eigenvalue weighted by atomic mass is 9.90. The molecule has 0 saturated heterocycles. The predicted molar refractivity (Wildman–Crippen MR) is 98.1 cm³/mol. The minimum Gasteiger partial charge on any atom is -0.465 e. The van der Waals surface area contributed by atoms with Crippen molar-refractivity contribution in [3.63, 3.8) is 0 Å². The zero-order valence-electron chi connectivity index (χ0n) is 16.1. The molecule has 6 nitrogen and oxygen atoms in total. The molecule has 27 heavy (non-hydrogen) atoms. The maximum Gasteiger partial charge on any atom is 0.411 e. The van der Waals surface area contributed by atoms with Gasteiger partial charge in [-0.25, -0.2) is 4.79 Å². The Balaban J connectivity index is 3.23. The zero-order valence-corrected chi connectivity index (χ0v) is 16.1. The molecule has 0 atom stereocenters. The van der Waals surface area contributed by atoms with Gasteiger partial charge < -0.3 is 15.2 Å². The van der Waals surface area contributed by atoms with Gasteiger partial charge in [0.2, 0.25) is 0 Å². The summed E-state index contributed by atoms with van der Waals surface area (Å²) in [6.07, 6.45) is -0.833. The van der Waals surface area contributed by atoms with Crippen LogP contribution in [0.1, 0.15) is 38.8 Å². The first-order valence-electron chi connectivity index (χ1n) is 8.50. The molecular formula is C18H25BF2N2O4. The Morgan fingerprint density at radius 1 is 1.26 bits per heavy atom. The third-order valence-corrected chi connectivity index (χ3v) is 3.42. The van der Waals surface area contributed by atoms with Crippen LogP contribution in [0.15, 0.2) is 18.2 Å². The predicted octanol–water partition coefficient (Wildman–Crippen LogP) is 1.83. The SMILES string of the molecule is [B]c1ccc(C(F)(F)CN)c(CN(CC(=O)OCC)C(=O)OC(C)(C)C)c1. The lowest BCUT2D eigenvalue weighted by molar-refractivity contribution is -0.144. The monoisotopic (exact) mass is 382 g/mol. The zero-order chi connectivity index (χ0) is 20.8. The van der Waals surface area contributed by atoms with Gasteiger partial charge in [0.15, 0.2) is 0 Å². The molecule has 0 aliphatic carbocycles. The van der Waals surface area contributed by atoms with Crippen molar-refractivity contribution in [2.24, 2.45) is 5.73 Å². The van der Waals surface area contributed by atoms with E-state index in [9.17, 15) is 18.4 Å². The van der Waals surface area contributed by atoms with Gasteiger partial charge >= 0.3 is 12.1 Å². The van der Waals surface area contributed by atoms with Gasteiger partial charge in [-0.2, -0.15) is 8.78 Å². The molecule has 1 rings (SSSR count). The molecule has 2 N–H and O–H groups in total. The van der Waals surface area contributed by atoms with E-state index < -0.39 is 36.7 Å². The molecule has 0 aromatic heterocycles. The average molecular weight is 382 g/mol. The smallest absolute Gasteiger partial charge is 0.411 e. The summed E-state index contributed by atoms with van der Waals surface area (Å²) in [5.74, 6) is -3.99. The van der Waals surface area contributed by atoms with Gasteiger partial charge in [0, 0.05) is 5.56 Å². The number of ether oxygens (including phenoxy) is 2. The van der Waals surface area contributed by atoms with Crippen LogP contribution in [0.25, 0.3) is 0 Å². The number of amides is 1. The van der Waals surface area contributed by atoms with Crippen LogP contribution in [0.2, 0.25) is 0 Å². The van der Waals surface area contributed by atoms with Crippen molar-refractivity contribution in [1.29, 1.82) is 0 Å². The number of nitrogens with two attached hydrogens (primary N) is 1. The van der Waals surface area contributed by atoms with Crippen LogP contribution in [0.3, 0.4) is 0 Å². The summed E-state index contributed by atoms with van der Waals surface area (Å²) in [5.41, 5.74) is 4.29. The van der Waals surface area contributed by atoms with Crippen molar-refractivity contribution in [1.82, 2.24) is 4.90 Å². The second kappa shape index (κ2) is 9.17. The van der Waals surface area contributed by atoms with Gasteiger partial charge in [-0.15, -0.1) is 0 Å². The van der Waals surface area contributed by atoms with Gasteiger partial charge in [0.05, 0.1) is 19.7 Å². The highest BCUT2D eigenvalue weighted by molar-refractivity contribution is 6.32. The molecule has 1 amide bonds. The number of benzene rings is 1. The van der Waals surface area contributed by atoms with Crippen molar-refractivity contribution in [3.05, 3.63) is 29.3 Å². The number of esters is 1. The second-order valence-corrected chi connectivity index (χ2v) is 6.97. The number of rotatable bonds is 7. The fourth-order valence-corrected chi connectivity index (χ4v) is 2.29. The maximum atomic E-state index is 14.2.